The fraction of sp³-hybridized carbons (Fsp3) is 0.235. The molecule has 0 saturated carbocycles. The summed E-state index contributed by atoms with van der Waals surface area (Å²) in [6, 6.07) is 16.4. The maximum Gasteiger partial charge on any atom is 0.169 e. The summed E-state index contributed by atoms with van der Waals surface area (Å²) in [6.45, 7) is 0. The van der Waals surface area contributed by atoms with Crippen molar-refractivity contribution < 1.29 is 9.53 Å². The molecular weight excluding hydrogens is 236 g/mol. The fourth-order valence-corrected chi connectivity index (χ4v) is 4.12. The Kier molecular flexibility index (Phi) is 1.64. The van der Waals surface area contributed by atoms with E-state index in [1.807, 2.05) is 24.3 Å². The van der Waals surface area contributed by atoms with Gasteiger partial charge in [0.05, 0.1) is 18.1 Å². The predicted octanol–water partition coefficient (Wildman–Crippen LogP) is 3.41. The molecule has 2 aliphatic heterocycles. The average molecular weight is 248 g/mol. The van der Waals surface area contributed by atoms with Gasteiger partial charge in [0.2, 0.25) is 0 Å². The van der Waals surface area contributed by atoms with Crippen LogP contribution in [0.3, 0.4) is 0 Å². The van der Waals surface area contributed by atoms with Crippen molar-refractivity contribution in [3.63, 3.8) is 0 Å². The molecule has 0 spiro atoms. The smallest absolute Gasteiger partial charge is 0.169 e. The van der Waals surface area contributed by atoms with Gasteiger partial charge >= 0.3 is 0 Å². The highest BCUT2D eigenvalue weighted by Gasteiger charge is 2.59. The topological polar surface area (TPSA) is 26.3 Å². The molecule has 92 valence electrons. The van der Waals surface area contributed by atoms with Gasteiger partial charge < -0.3 is 4.74 Å². The van der Waals surface area contributed by atoms with Crippen LogP contribution >= 0.6 is 0 Å². The molecule has 1 aliphatic carbocycles. The second-order valence-electron chi connectivity index (χ2n) is 5.61. The van der Waals surface area contributed by atoms with Crippen molar-refractivity contribution in [2.24, 2.45) is 5.92 Å². The van der Waals surface area contributed by atoms with E-state index in [0.29, 0.717) is 0 Å². The summed E-state index contributed by atoms with van der Waals surface area (Å²) >= 11 is 0. The number of ketones is 1. The normalized spacial score (nSPS) is 33.2. The molecule has 19 heavy (non-hydrogen) atoms. The summed E-state index contributed by atoms with van der Waals surface area (Å²) in [5.41, 5.74) is 4.58. The molecule has 0 unspecified atom stereocenters. The number of hydrogen-bond donors (Lipinski definition) is 0. The van der Waals surface area contributed by atoms with Gasteiger partial charge in [-0.3, -0.25) is 4.79 Å². The molecule has 3 aliphatic rings. The van der Waals surface area contributed by atoms with E-state index in [-0.39, 0.29) is 29.8 Å². The third-order valence-electron chi connectivity index (χ3n) is 4.83. The van der Waals surface area contributed by atoms with Gasteiger partial charge in [-0.05, 0) is 16.7 Å². The maximum atomic E-state index is 12.6. The van der Waals surface area contributed by atoms with Crippen molar-refractivity contribution in [2.75, 3.05) is 0 Å². The lowest BCUT2D eigenvalue weighted by Crippen LogP contribution is -2.20. The van der Waals surface area contributed by atoms with Gasteiger partial charge in [-0.1, -0.05) is 48.5 Å². The van der Waals surface area contributed by atoms with Gasteiger partial charge in [0, 0.05) is 11.5 Å². The van der Waals surface area contributed by atoms with Gasteiger partial charge in [0.1, 0.15) is 0 Å². The molecule has 1 fully saturated rings. The highest BCUT2D eigenvalue weighted by Crippen LogP contribution is 2.64. The van der Waals surface area contributed by atoms with Crippen LogP contribution in [-0.4, -0.2) is 5.78 Å². The largest absolute Gasteiger partial charge is 0.364 e. The van der Waals surface area contributed by atoms with Crippen LogP contribution in [0.1, 0.15) is 45.2 Å². The molecular formula is C17H12O2. The number of fused-ring (bicyclic) bond motifs is 10. The van der Waals surface area contributed by atoms with Crippen molar-refractivity contribution in [1.29, 1.82) is 0 Å². The zero-order valence-corrected chi connectivity index (χ0v) is 10.2. The van der Waals surface area contributed by atoms with E-state index in [9.17, 15) is 4.79 Å². The summed E-state index contributed by atoms with van der Waals surface area (Å²) in [7, 11) is 0. The zero-order chi connectivity index (χ0) is 12.6. The summed E-state index contributed by atoms with van der Waals surface area (Å²) < 4.78 is 6.12. The summed E-state index contributed by atoms with van der Waals surface area (Å²) in [5, 5.41) is 0. The highest BCUT2D eigenvalue weighted by molar-refractivity contribution is 6.04. The Morgan fingerprint density at radius 3 is 2.05 bits per heavy atom. The average Bonchev–Trinajstić information content (AvgIpc) is 3.10. The maximum absolute atomic E-state index is 12.6. The fourth-order valence-electron chi connectivity index (χ4n) is 4.12. The van der Waals surface area contributed by atoms with E-state index in [2.05, 4.69) is 24.3 Å². The third-order valence-corrected chi connectivity index (χ3v) is 4.83. The molecule has 2 heterocycles. The minimum Gasteiger partial charge on any atom is -0.364 e. The number of rotatable bonds is 0. The monoisotopic (exact) mass is 248 g/mol. The number of benzene rings is 2. The molecule has 5 rings (SSSR count). The lowest BCUT2D eigenvalue weighted by atomic mass is 9.76. The van der Waals surface area contributed by atoms with Crippen molar-refractivity contribution >= 4 is 5.78 Å². The van der Waals surface area contributed by atoms with E-state index < -0.39 is 0 Å². The molecule has 2 aromatic rings. The highest BCUT2D eigenvalue weighted by atomic mass is 16.5. The molecule has 0 amide bonds. The second kappa shape index (κ2) is 3.14. The molecule has 0 aromatic heterocycles. The summed E-state index contributed by atoms with van der Waals surface area (Å²) in [4.78, 5) is 12.6. The lowest BCUT2D eigenvalue weighted by Gasteiger charge is -2.22. The number of Topliss-reactive ketones (excluding diaryl/α,β-unsaturated/α-hetero) is 1. The van der Waals surface area contributed by atoms with Crippen molar-refractivity contribution in [1.82, 2.24) is 0 Å². The van der Waals surface area contributed by atoms with Gasteiger partial charge in [-0.2, -0.15) is 0 Å². The molecule has 2 heteroatoms. The number of carbonyl (C=O) groups excluding carboxylic acids is 1. The van der Waals surface area contributed by atoms with Gasteiger partial charge in [-0.15, -0.1) is 0 Å². The first-order valence-electron chi connectivity index (χ1n) is 6.73. The lowest BCUT2D eigenvalue weighted by molar-refractivity contribution is 0.0526. The minimum absolute atomic E-state index is 0.00250. The number of carbonyl (C=O) groups is 1. The van der Waals surface area contributed by atoms with E-state index in [1.54, 1.807) is 0 Å². The second-order valence-corrected chi connectivity index (χ2v) is 5.61. The first kappa shape index (κ1) is 9.93. The molecule has 0 N–H and O–H groups in total. The van der Waals surface area contributed by atoms with Crippen molar-refractivity contribution in [3.05, 3.63) is 70.8 Å². The Morgan fingerprint density at radius 2 is 1.32 bits per heavy atom. The van der Waals surface area contributed by atoms with Crippen molar-refractivity contribution in [3.8, 4) is 0 Å². The molecule has 2 nitrogen and oxygen atoms in total. The predicted molar refractivity (Wildman–Crippen MR) is 70.0 cm³/mol. The first-order valence-corrected chi connectivity index (χ1v) is 6.73. The summed E-state index contributed by atoms with van der Waals surface area (Å²) in [6.07, 6.45) is 0.0323. The Bertz CT molecular complexity index is 719. The van der Waals surface area contributed by atoms with Crippen LogP contribution < -0.4 is 0 Å². The van der Waals surface area contributed by atoms with Crippen LogP contribution in [0, 0.1) is 5.92 Å². The van der Waals surface area contributed by atoms with Crippen LogP contribution in [0.2, 0.25) is 0 Å². The molecule has 4 atom stereocenters. The van der Waals surface area contributed by atoms with E-state index in [0.717, 1.165) is 5.56 Å². The first-order chi connectivity index (χ1) is 9.36. The molecule has 2 aromatic carbocycles. The SMILES string of the molecule is O=C1c2ccccc2[C@H]2[C@@H]1[C@H]1O[C@@H]2c2ccccc21. The van der Waals surface area contributed by atoms with E-state index in [4.69, 9.17) is 4.74 Å². The van der Waals surface area contributed by atoms with Crippen LogP contribution in [0.5, 0.6) is 0 Å². The Hall–Kier alpha value is -1.93. The standard InChI is InChI=1S/C17H12O2/c18-15-10-6-2-1-5-9(10)13-14(15)17-12-8-4-3-7-11(12)16(13)19-17/h1-8,13-14,16-17H/t13-,14-,16+,17-/m0/s1. The van der Waals surface area contributed by atoms with Gasteiger partial charge in [0.15, 0.2) is 5.78 Å². The zero-order valence-electron chi connectivity index (χ0n) is 10.2. The van der Waals surface area contributed by atoms with Crippen LogP contribution in [-0.2, 0) is 4.74 Å². The quantitative estimate of drug-likeness (QED) is 0.714. The van der Waals surface area contributed by atoms with Crippen LogP contribution in [0.4, 0.5) is 0 Å². The molecule has 1 saturated heterocycles. The molecule has 2 bridgehead atoms. The van der Waals surface area contributed by atoms with Gasteiger partial charge in [-0.25, -0.2) is 0 Å². The Morgan fingerprint density at radius 1 is 0.737 bits per heavy atom. The van der Waals surface area contributed by atoms with E-state index >= 15 is 0 Å². The number of ether oxygens (including phenoxy) is 1. The van der Waals surface area contributed by atoms with Crippen molar-refractivity contribution in [2.45, 2.75) is 18.1 Å². The number of hydrogen-bond acceptors (Lipinski definition) is 2. The third kappa shape index (κ3) is 1.01. The minimum atomic E-state index is -0.0360. The van der Waals surface area contributed by atoms with Crippen LogP contribution in [0.25, 0.3) is 0 Å². The summed E-state index contributed by atoms with van der Waals surface area (Å²) in [5.74, 6) is 0.489. The van der Waals surface area contributed by atoms with Crippen LogP contribution in [0.15, 0.2) is 48.5 Å². The molecule has 0 radical (unpaired) electrons. The van der Waals surface area contributed by atoms with E-state index in [1.165, 1.54) is 16.7 Å². The van der Waals surface area contributed by atoms with Gasteiger partial charge in [0.25, 0.3) is 0 Å². The Balaban J connectivity index is 1.76. The Labute approximate surface area is 111 Å².